The maximum atomic E-state index is 5.66. The van der Waals surface area contributed by atoms with Crippen molar-refractivity contribution in [1.29, 1.82) is 0 Å². The number of nitrogens with one attached hydrogen (secondary N) is 1. The minimum atomic E-state index is 0.590. The molecule has 0 aromatic carbocycles. The fourth-order valence-electron chi connectivity index (χ4n) is 3.22. The molecule has 0 heterocycles. The van der Waals surface area contributed by atoms with Gasteiger partial charge in [0.2, 0.25) is 0 Å². The molecule has 1 aliphatic rings. The molecule has 0 radical (unpaired) electrons. The highest BCUT2D eigenvalue weighted by Gasteiger charge is 2.26. The van der Waals surface area contributed by atoms with Crippen molar-refractivity contribution in [1.82, 2.24) is 5.32 Å². The van der Waals surface area contributed by atoms with Crippen LogP contribution in [0.15, 0.2) is 0 Å². The fourth-order valence-corrected chi connectivity index (χ4v) is 3.22. The van der Waals surface area contributed by atoms with Gasteiger partial charge in [0.15, 0.2) is 0 Å². The first kappa shape index (κ1) is 16.0. The van der Waals surface area contributed by atoms with Crippen LogP contribution in [0.3, 0.4) is 0 Å². The summed E-state index contributed by atoms with van der Waals surface area (Å²) in [6, 6.07) is 0.590. The van der Waals surface area contributed by atoms with Crippen molar-refractivity contribution >= 4 is 0 Å². The number of hydrogen-bond acceptors (Lipinski definition) is 2. The molecule has 108 valence electrons. The van der Waals surface area contributed by atoms with Crippen molar-refractivity contribution in [3.05, 3.63) is 0 Å². The molecule has 1 rings (SSSR count). The van der Waals surface area contributed by atoms with Gasteiger partial charge in [0, 0.05) is 12.6 Å². The summed E-state index contributed by atoms with van der Waals surface area (Å²) in [5.74, 6) is 1.85. The van der Waals surface area contributed by atoms with E-state index >= 15 is 0 Å². The van der Waals surface area contributed by atoms with Gasteiger partial charge >= 0.3 is 0 Å². The molecule has 0 saturated heterocycles. The zero-order valence-electron chi connectivity index (χ0n) is 12.7. The Balaban J connectivity index is 2.33. The summed E-state index contributed by atoms with van der Waals surface area (Å²) >= 11 is 0. The predicted molar refractivity (Wildman–Crippen MR) is 78.9 cm³/mol. The van der Waals surface area contributed by atoms with E-state index in [4.69, 9.17) is 4.74 Å². The second-order valence-corrected chi connectivity index (χ2v) is 5.79. The van der Waals surface area contributed by atoms with Crippen LogP contribution in [0.1, 0.15) is 65.7 Å². The molecule has 0 spiro atoms. The molecule has 1 N–H and O–H groups in total. The second kappa shape index (κ2) is 9.80. The molecule has 18 heavy (non-hydrogen) atoms. The van der Waals surface area contributed by atoms with E-state index in [9.17, 15) is 0 Å². The van der Waals surface area contributed by atoms with Gasteiger partial charge in [0.25, 0.3) is 0 Å². The summed E-state index contributed by atoms with van der Waals surface area (Å²) < 4.78 is 5.66. The topological polar surface area (TPSA) is 21.3 Å². The van der Waals surface area contributed by atoms with Gasteiger partial charge in [-0.1, -0.05) is 39.5 Å². The van der Waals surface area contributed by atoms with Crippen LogP contribution >= 0.6 is 0 Å². The van der Waals surface area contributed by atoms with Crippen LogP contribution in [0.2, 0.25) is 0 Å². The molecular weight excluding hydrogens is 222 g/mol. The van der Waals surface area contributed by atoms with E-state index in [0.717, 1.165) is 31.6 Å². The summed E-state index contributed by atoms with van der Waals surface area (Å²) in [4.78, 5) is 0. The third-order valence-electron chi connectivity index (χ3n) is 4.32. The van der Waals surface area contributed by atoms with Gasteiger partial charge in [-0.3, -0.25) is 0 Å². The van der Waals surface area contributed by atoms with Gasteiger partial charge < -0.3 is 10.1 Å². The zero-order valence-corrected chi connectivity index (χ0v) is 12.7. The molecule has 1 fully saturated rings. The molecule has 1 aliphatic carbocycles. The van der Waals surface area contributed by atoms with Crippen LogP contribution in [0, 0.1) is 11.8 Å². The van der Waals surface area contributed by atoms with Crippen molar-refractivity contribution in [3.8, 4) is 0 Å². The van der Waals surface area contributed by atoms with E-state index in [0.29, 0.717) is 6.04 Å². The Morgan fingerprint density at radius 1 is 1.06 bits per heavy atom. The Kier molecular flexibility index (Phi) is 8.70. The first-order valence-electron chi connectivity index (χ1n) is 8.12. The van der Waals surface area contributed by atoms with Gasteiger partial charge in [0.1, 0.15) is 0 Å². The molecule has 2 nitrogen and oxygen atoms in total. The first-order chi connectivity index (χ1) is 8.81. The zero-order chi connectivity index (χ0) is 13.2. The lowest BCUT2D eigenvalue weighted by atomic mass is 9.77. The van der Waals surface area contributed by atoms with Crippen LogP contribution in [0.25, 0.3) is 0 Å². The lowest BCUT2D eigenvalue weighted by molar-refractivity contribution is 0.0869. The Labute approximate surface area is 114 Å². The van der Waals surface area contributed by atoms with E-state index in [1.165, 1.54) is 44.9 Å². The number of ether oxygens (including phenoxy) is 1. The van der Waals surface area contributed by atoms with Crippen molar-refractivity contribution in [3.63, 3.8) is 0 Å². The number of rotatable bonds is 9. The van der Waals surface area contributed by atoms with E-state index in [1.807, 2.05) is 0 Å². The summed E-state index contributed by atoms with van der Waals surface area (Å²) in [6.45, 7) is 9.52. The van der Waals surface area contributed by atoms with Gasteiger partial charge in [-0.2, -0.15) is 0 Å². The average Bonchev–Trinajstić information content (AvgIpc) is 2.41. The van der Waals surface area contributed by atoms with Gasteiger partial charge in [-0.05, 0) is 44.6 Å². The summed E-state index contributed by atoms with van der Waals surface area (Å²) in [5.41, 5.74) is 0. The molecule has 0 aromatic heterocycles. The molecule has 1 saturated carbocycles. The Morgan fingerprint density at radius 2 is 1.78 bits per heavy atom. The highest BCUT2D eigenvalue weighted by Crippen LogP contribution is 2.33. The van der Waals surface area contributed by atoms with Crippen molar-refractivity contribution in [2.24, 2.45) is 11.8 Å². The van der Waals surface area contributed by atoms with Crippen LogP contribution in [-0.2, 0) is 4.74 Å². The lowest BCUT2D eigenvalue weighted by Gasteiger charge is -2.34. The average molecular weight is 255 g/mol. The maximum absolute atomic E-state index is 5.66. The van der Waals surface area contributed by atoms with E-state index in [2.05, 4.69) is 26.1 Å². The summed E-state index contributed by atoms with van der Waals surface area (Å²) in [7, 11) is 0. The first-order valence-corrected chi connectivity index (χ1v) is 8.12. The quantitative estimate of drug-likeness (QED) is 0.672. The third kappa shape index (κ3) is 5.71. The minimum Gasteiger partial charge on any atom is -0.380 e. The van der Waals surface area contributed by atoms with E-state index in [1.54, 1.807) is 0 Å². The van der Waals surface area contributed by atoms with E-state index < -0.39 is 0 Å². The van der Waals surface area contributed by atoms with Crippen LogP contribution in [0.5, 0.6) is 0 Å². The molecule has 1 unspecified atom stereocenters. The van der Waals surface area contributed by atoms with Crippen molar-refractivity contribution < 1.29 is 4.74 Å². The fraction of sp³-hybridized carbons (Fsp3) is 1.00. The van der Waals surface area contributed by atoms with Crippen molar-refractivity contribution in [2.75, 3.05) is 19.8 Å². The smallest absolute Gasteiger partial charge is 0.0622 e. The van der Waals surface area contributed by atoms with Crippen LogP contribution < -0.4 is 5.32 Å². The SMILES string of the molecule is CCCNC(COCC)C1CCC(CCC)CC1. The molecule has 1 atom stereocenters. The Bertz CT molecular complexity index is 180. The maximum Gasteiger partial charge on any atom is 0.0622 e. The molecule has 2 heteroatoms. The summed E-state index contributed by atoms with van der Waals surface area (Å²) in [5, 5.41) is 3.70. The predicted octanol–water partition coefficient (Wildman–Crippen LogP) is 4.00. The Hall–Kier alpha value is -0.0800. The van der Waals surface area contributed by atoms with Crippen LogP contribution in [0.4, 0.5) is 0 Å². The standard InChI is InChI=1S/C16H33NO/c1-4-7-14-8-10-15(11-9-14)16(13-18-6-3)17-12-5-2/h14-17H,4-13H2,1-3H3. The van der Waals surface area contributed by atoms with Crippen molar-refractivity contribution in [2.45, 2.75) is 71.8 Å². The number of hydrogen-bond donors (Lipinski definition) is 1. The lowest BCUT2D eigenvalue weighted by Crippen LogP contribution is -2.42. The second-order valence-electron chi connectivity index (χ2n) is 5.79. The van der Waals surface area contributed by atoms with Gasteiger partial charge in [0.05, 0.1) is 6.61 Å². The van der Waals surface area contributed by atoms with Gasteiger partial charge in [-0.15, -0.1) is 0 Å². The highest BCUT2D eigenvalue weighted by molar-refractivity contribution is 4.82. The molecule has 0 bridgehead atoms. The molecule has 0 amide bonds. The molecule has 0 aromatic rings. The normalized spacial score (nSPS) is 26.2. The van der Waals surface area contributed by atoms with Crippen LogP contribution in [-0.4, -0.2) is 25.8 Å². The molecule has 0 aliphatic heterocycles. The minimum absolute atomic E-state index is 0.590. The molecular formula is C16H33NO. The largest absolute Gasteiger partial charge is 0.380 e. The highest BCUT2D eigenvalue weighted by atomic mass is 16.5. The monoisotopic (exact) mass is 255 g/mol. The summed E-state index contributed by atoms with van der Waals surface area (Å²) in [6.07, 6.45) is 9.69. The Morgan fingerprint density at radius 3 is 2.33 bits per heavy atom. The third-order valence-corrected chi connectivity index (χ3v) is 4.32. The van der Waals surface area contributed by atoms with E-state index in [-0.39, 0.29) is 0 Å². The van der Waals surface area contributed by atoms with Gasteiger partial charge in [-0.25, -0.2) is 0 Å².